The van der Waals surface area contributed by atoms with E-state index in [1.54, 1.807) is 0 Å². The summed E-state index contributed by atoms with van der Waals surface area (Å²) in [4.78, 5) is 23.6. The molecule has 0 spiro atoms. The number of fused-ring (bicyclic) bond motifs is 1. The van der Waals surface area contributed by atoms with E-state index in [0.717, 1.165) is 12.8 Å². The van der Waals surface area contributed by atoms with Crippen LogP contribution in [0.1, 0.15) is 44.4 Å². The van der Waals surface area contributed by atoms with E-state index in [9.17, 15) is 9.59 Å². The lowest BCUT2D eigenvalue weighted by atomic mass is 10.0. The van der Waals surface area contributed by atoms with Crippen molar-refractivity contribution < 1.29 is 9.59 Å². The molecule has 2 rings (SSSR count). The van der Waals surface area contributed by atoms with E-state index < -0.39 is 6.04 Å². The minimum atomic E-state index is -0.472. The summed E-state index contributed by atoms with van der Waals surface area (Å²) in [5.74, 6) is -0.210. The average Bonchev–Trinajstić information content (AvgIpc) is 2.79. The van der Waals surface area contributed by atoms with E-state index in [0.29, 0.717) is 0 Å². The molecule has 2 atom stereocenters. The smallest absolute Gasteiger partial charge is 0.243 e. The molecule has 0 aliphatic heterocycles. The maximum absolute atomic E-state index is 12.4. The minimum absolute atomic E-state index is 0.0636. The zero-order valence-corrected chi connectivity index (χ0v) is 12.3. The van der Waals surface area contributed by atoms with Gasteiger partial charge in [0.25, 0.3) is 0 Å². The Kier molecular flexibility index (Phi) is 4.42. The molecule has 2 unspecified atom stereocenters. The van der Waals surface area contributed by atoms with Gasteiger partial charge >= 0.3 is 0 Å². The molecule has 0 bridgehead atoms. The van der Waals surface area contributed by atoms with Crippen molar-refractivity contribution in [3.05, 3.63) is 35.4 Å². The first kappa shape index (κ1) is 14.6. The number of amides is 2. The van der Waals surface area contributed by atoms with Crippen LogP contribution in [0.3, 0.4) is 0 Å². The van der Waals surface area contributed by atoms with Gasteiger partial charge in [-0.3, -0.25) is 9.59 Å². The average molecular weight is 274 g/mol. The zero-order valence-electron chi connectivity index (χ0n) is 12.3. The maximum atomic E-state index is 12.4. The molecule has 2 N–H and O–H groups in total. The Balaban J connectivity index is 2.06. The second kappa shape index (κ2) is 6.07. The first-order valence-electron chi connectivity index (χ1n) is 7.14. The van der Waals surface area contributed by atoms with Crippen LogP contribution in [0.25, 0.3) is 0 Å². The lowest BCUT2D eigenvalue weighted by molar-refractivity contribution is -0.129. The molecule has 4 heteroatoms. The third kappa shape index (κ3) is 3.18. The van der Waals surface area contributed by atoms with Crippen molar-refractivity contribution in [2.24, 2.45) is 5.92 Å². The second-order valence-corrected chi connectivity index (χ2v) is 5.72. The Hall–Kier alpha value is -1.84. The van der Waals surface area contributed by atoms with E-state index in [4.69, 9.17) is 0 Å². The van der Waals surface area contributed by atoms with Crippen LogP contribution in [0, 0.1) is 5.92 Å². The van der Waals surface area contributed by atoms with Gasteiger partial charge in [-0.15, -0.1) is 0 Å². The molecule has 0 saturated carbocycles. The van der Waals surface area contributed by atoms with Gasteiger partial charge in [0.2, 0.25) is 11.8 Å². The standard InChI is InChI=1S/C16H22N2O2/c1-10(2)15(17-11(3)19)16(20)18-14-9-8-12-6-4-5-7-13(12)14/h4-7,10,14-15H,8-9H2,1-3H3,(H,17,19)(H,18,20). The fourth-order valence-corrected chi connectivity index (χ4v) is 2.72. The molecule has 0 aromatic heterocycles. The van der Waals surface area contributed by atoms with Crippen LogP contribution in [0.15, 0.2) is 24.3 Å². The number of nitrogens with one attached hydrogen (secondary N) is 2. The Morgan fingerprint density at radius 2 is 1.95 bits per heavy atom. The topological polar surface area (TPSA) is 58.2 Å². The molecule has 108 valence electrons. The number of rotatable bonds is 4. The molecule has 1 aromatic carbocycles. The highest BCUT2D eigenvalue weighted by Gasteiger charge is 2.28. The molecule has 0 saturated heterocycles. The van der Waals surface area contributed by atoms with Crippen LogP contribution in [-0.2, 0) is 16.0 Å². The number of aryl methyl sites for hydroxylation is 1. The molecular weight excluding hydrogens is 252 g/mol. The van der Waals surface area contributed by atoms with Crippen LogP contribution < -0.4 is 10.6 Å². The predicted molar refractivity (Wildman–Crippen MR) is 78.1 cm³/mol. The van der Waals surface area contributed by atoms with Crippen molar-refractivity contribution in [1.29, 1.82) is 0 Å². The van der Waals surface area contributed by atoms with E-state index in [1.807, 2.05) is 26.0 Å². The minimum Gasteiger partial charge on any atom is -0.347 e. The van der Waals surface area contributed by atoms with Crippen LogP contribution in [0.4, 0.5) is 0 Å². The molecule has 2 amide bonds. The van der Waals surface area contributed by atoms with Gasteiger partial charge in [-0.2, -0.15) is 0 Å². The third-order valence-corrected chi connectivity index (χ3v) is 3.76. The first-order chi connectivity index (χ1) is 9.49. The third-order valence-electron chi connectivity index (χ3n) is 3.76. The summed E-state index contributed by atoms with van der Waals surface area (Å²) < 4.78 is 0. The molecular formula is C16H22N2O2. The van der Waals surface area contributed by atoms with E-state index in [2.05, 4.69) is 22.8 Å². The molecule has 1 aliphatic carbocycles. The summed E-state index contributed by atoms with van der Waals surface area (Å²) in [5.41, 5.74) is 2.50. The van der Waals surface area contributed by atoms with E-state index in [-0.39, 0.29) is 23.8 Å². The van der Waals surface area contributed by atoms with Crippen LogP contribution in [0.5, 0.6) is 0 Å². The lowest BCUT2D eigenvalue weighted by Gasteiger charge is -2.23. The molecule has 1 aliphatic rings. The first-order valence-corrected chi connectivity index (χ1v) is 7.14. The van der Waals surface area contributed by atoms with Gasteiger partial charge in [0.15, 0.2) is 0 Å². The van der Waals surface area contributed by atoms with Crippen molar-refractivity contribution in [1.82, 2.24) is 10.6 Å². The summed E-state index contributed by atoms with van der Waals surface area (Å²) in [6.45, 7) is 5.30. The highest BCUT2D eigenvalue weighted by molar-refractivity contribution is 5.87. The Morgan fingerprint density at radius 3 is 2.60 bits per heavy atom. The fourth-order valence-electron chi connectivity index (χ4n) is 2.72. The van der Waals surface area contributed by atoms with Crippen LogP contribution in [-0.4, -0.2) is 17.9 Å². The van der Waals surface area contributed by atoms with Crippen molar-refractivity contribution in [2.45, 2.75) is 45.7 Å². The Morgan fingerprint density at radius 1 is 1.25 bits per heavy atom. The largest absolute Gasteiger partial charge is 0.347 e. The van der Waals surface area contributed by atoms with Gasteiger partial charge in [0, 0.05) is 6.92 Å². The molecule has 20 heavy (non-hydrogen) atoms. The number of carbonyl (C=O) groups excluding carboxylic acids is 2. The highest BCUT2D eigenvalue weighted by atomic mass is 16.2. The molecule has 1 aromatic rings. The van der Waals surface area contributed by atoms with Crippen molar-refractivity contribution >= 4 is 11.8 Å². The normalized spacial score (nSPS) is 18.5. The molecule has 0 radical (unpaired) electrons. The van der Waals surface area contributed by atoms with Gasteiger partial charge < -0.3 is 10.6 Å². The number of hydrogen-bond donors (Lipinski definition) is 2. The fraction of sp³-hybridized carbons (Fsp3) is 0.500. The summed E-state index contributed by atoms with van der Waals surface area (Å²) >= 11 is 0. The summed E-state index contributed by atoms with van der Waals surface area (Å²) in [6, 6.07) is 7.79. The van der Waals surface area contributed by atoms with Crippen molar-refractivity contribution in [2.75, 3.05) is 0 Å². The van der Waals surface area contributed by atoms with Gasteiger partial charge in [0.05, 0.1) is 6.04 Å². The monoisotopic (exact) mass is 274 g/mol. The number of carbonyl (C=O) groups is 2. The van der Waals surface area contributed by atoms with Gasteiger partial charge in [0.1, 0.15) is 6.04 Å². The quantitative estimate of drug-likeness (QED) is 0.881. The predicted octanol–water partition coefficient (Wildman–Crippen LogP) is 1.95. The summed E-state index contributed by atoms with van der Waals surface area (Å²) in [7, 11) is 0. The van der Waals surface area contributed by atoms with Crippen LogP contribution in [0.2, 0.25) is 0 Å². The summed E-state index contributed by atoms with van der Waals surface area (Å²) in [5, 5.41) is 5.79. The molecule has 0 fully saturated rings. The second-order valence-electron chi connectivity index (χ2n) is 5.72. The van der Waals surface area contributed by atoms with Crippen molar-refractivity contribution in [3.63, 3.8) is 0 Å². The van der Waals surface area contributed by atoms with Gasteiger partial charge in [-0.25, -0.2) is 0 Å². The zero-order chi connectivity index (χ0) is 14.7. The Labute approximate surface area is 119 Å². The van der Waals surface area contributed by atoms with Crippen molar-refractivity contribution in [3.8, 4) is 0 Å². The SMILES string of the molecule is CC(=O)NC(C(=O)NC1CCc2ccccc21)C(C)C. The Bertz CT molecular complexity index is 511. The van der Waals surface area contributed by atoms with Gasteiger partial charge in [-0.1, -0.05) is 38.1 Å². The molecule has 4 nitrogen and oxygen atoms in total. The molecule has 0 heterocycles. The number of benzene rings is 1. The summed E-state index contributed by atoms with van der Waals surface area (Å²) in [6.07, 6.45) is 1.92. The van der Waals surface area contributed by atoms with Gasteiger partial charge in [-0.05, 0) is 29.9 Å². The van der Waals surface area contributed by atoms with E-state index >= 15 is 0 Å². The van der Waals surface area contributed by atoms with E-state index in [1.165, 1.54) is 18.1 Å². The van der Waals surface area contributed by atoms with Crippen LogP contribution >= 0.6 is 0 Å². The number of hydrogen-bond acceptors (Lipinski definition) is 2. The highest BCUT2D eigenvalue weighted by Crippen LogP contribution is 2.30. The maximum Gasteiger partial charge on any atom is 0.243 e. The lowest BCUT2D eigenvalue weighted by Crippen LogP contribution is -2.49.